The van der Waals surface area contributed by atoms with Crippen molar-refractivity contribution < 1.29 is 47.2 Å². The summed E-state index contributed by atoms with van der Waals surface area (Å²) in [6.45, 7) is 12.2. The van der Waals surface area contributed by atoms with Crippen molar-refractivity contribution >= 4 is 24.0 Å². The number of ether oxygens (including phenoxy) is 6. The van der Waals surface area contributed by atoms with Crippen LogP contribution in [0.25, 0.3) is 6.08 Å². The summed E-state index contributed by atoms with van der Waals surface area (Å²) >= 11 is 0. The molecule has 0 N–H and O–H groups in total. The monoisotopic (exact) mass is 852 g/mol. The maximum absolute atomic E-state index is 13.8. The van der Waals surface area contributed by atoms with E-state index < -0.39 is 30.4 Å². The lowest BCUT2D eigenvalue weighted by Crippen LogP contribution is -2.41. The van der Waals surface area contributed by atoms with E-state index in [4.69, 9.17) is 32.8 Å². The van der Waals surface area contributed by atoms with Crippen molar-refractivity contribution in [2.45, 2.75) is 219 Å². The van der Waals surface area contributed by atoms with E-state index in [0.29, 0.717) is 25.2 Å². The predicted octanol–water partition coefficient (Wildman–Crippen LogP) is 10.9. The standard InChI is InChI=1S/C50H77NO10/c1-8-9-10-11-12-13-14-15-16-17-18-19-20-24-45(52)58-44-31-42(36(5)47(55-7)35(4)23-21-22-33(2)27-39-32-56-37(6)51-39)61-50(54)49-43(60-49)29-38-28-41(57-46(53)30-38)34(3)25-26-40-48(44)59-40/h21-23,27,32,34,36,38,40-44,47-49H,8-20,24-26,28-31H2,1-7H3/b22-21+,33-27+,35-23+. The van der Waals surface area contributed by atoms with Crippen LogP contribution in [0.3, 0.4) is 0 Å². The Bertz CT molecular complexity index is 1610. The van der Waals surface area contributed by atoms with Crippen LogP contribution in [0, 0.1) is 24.7 Å². The summed E-state index contributed by atoms with van der Waals surface area (Å²) in [5.74, 6) is -0.350. The van der Waals surface area contributed by atoms with Crippen LogP contribution in [0.1, 0.15) is 175 Å². The molecule has 0 saturated carbocycles. The Morgan fingerprint density at radius 1 is 0.885 bits per heavy atom. The van der Waals surface area contributed by atoms with Gasteiger partial charge in [-0.05, 0) is 75.0 Å². The number of unbranched alkanes of at least 4 members (excludes halogenated alkanes) is 12. The Balaban J connectivity index is 1.23. The number of carbonyl (C=O) groups is 3. The molecule has 4 saturated heterocycles. The number of esters is 3. The normalized spacial score (nSPS) is 29.6. The maximum atomic E-state index is 13.8. The van der Waals surface area contributed by atoms with Gasteiger partial charge in [0.1, 0.15) is 36.4 Å². The first-order chi connectivity index (χ1) is 29.4. The second kappa shape index (κ2) is 25.1. The molecule has 4 fully saturated rings. The van der Waals surface area contributed by atoms with Gasteiger partial charge in [-0.3, -0.25) is 9.59 Å². The SMILES string of the molecule is CCCCCCCCCCCCCCCC(=O)OC1CC(C(C)C(OC)/C(C)=C/C=C/C(C)=C/c2coc(C)n2)OC(=O)C2OC2CC2CC(=O)OC(C2)C(C)CCC2OC12. The molecule has 0 aromatic carbocycles. The minimum atomic E-state index is -0.707. The summed E-state index contributed by atoms with van der Waals surface area (Å²) in [6.07, 6.45) is 26.1. The number of rotatable bonds is 22. The van der Waals surface area contributed by atoms with Crippen molar-refractivity contribution in [2.75, 3.05) is 7.11 Å². The topological polar surface area (TPSA) is 139 Å². The van der Waals surface area contributed by atoms with Gasteiger partial charge in [0, 0.05) is 39.2 Å². The Morgan fingerprint density at radius 2 is 1.56 bits per heavy atom. The number of allylic oxidation sites excluding steroid dienone is 4. The molecule has 5 rings (SSSR count). The van der Waals surface area contributed by atoms with Crippen LogP contribution in [0.2, 0.25) is 0 Å². The Morgan fingerprint density at radius 3 is 2.21 bits per heavy atom. The van der Waals surface area contributed by atoms with Crippen molar-refractivity contribution in [1.29, 1.82) is 0 Å². The summed E-state index contributed by atoms with van der Waals surface area (Å²) in [5, 5.41) is 0. The quantitative estimate of drug-likeness (QED) is 0.0362. The first-order valence-electron chi connectivity index (χ1n) is 23.8. The highest BCUT2D eigenvalue weighted by Gasteiger charge is 2.52. The third-order valence-electron chi connectivity index (χ3n) is 13.2. The molecule has 5 heterocycles. The van der Waals surface area contributed by atoms with E-state index in [-0.39, 0.29) is 60.5 Å². The van der Waals surface area contributed by atoms with Gasteiger partial charge in [-0.2, -0.15) is 0 Å². The number of epoxide rings is 2. The Kier molecular flexibility index (Phi) is 20.1. The fourth-order valence-corrected chi connectivity index (χ4v) is 9.39. The van der Waals surface area contributed by atoms with Gasteiger partial charge in [0.05, 0.1) is 18.3 Å². The highest BCUT2D eigenvalue weighted by molar-refractivity contribution is 5.78. The third-order valence-corrected chi connectivity index (χ3v) is 13.2. The molecule has 11 nitrogen and oxygen atoms in total. The van der Waals surface area contributed by atoms with Crippen LogP contribution in [0.5, 0.6) is 0 Å². The number of hydrogen-bond donors (Lipinski definition) is 0. The zero-order valence-electron chi connectivity index (χ0n) is 38.4. The van der Waals surface area contributed by atoms with Gasteiger partial charge in [-0.15, -0.1) is 0 Å². The molecular formula is C50H77NO10. The molecule has 0 aliphatic carbocycles. The molecule has 0 amide bonds. The maximum Gasteiger partial charge on any atom is 0.338 e. The van der Waals surface area contributed by atoms with E-state index in [1.54, 1.807) is 13.4 Å². The summed E-state index contributed by atoms with van der Waals surface area (Å²) < 4.78 is 42.1. The highest BCUT2D eigenvalue weighted by Crippen LogP contribution is 2.41. The number of fused-ring (bicyclic) bond motifs is 4. The second-order valence-corrected chi connectivity index (χ2v) is 18.6. The van der Waals surface area contributed by atoms with Crippen LogP contribution in [-0.4, -0.2) is 78.8 Å². The van der Waals surface area contributed by atoms with Crippen LogP contribution in [-0.2, 0) is 42.8 Å². The van der Waals surface area contributed by atoms with E-state index in [9.17, 15) is 14.4 Å². The first-order valence-corrected chi connectivity index (χ1v) is 23.8. The smallest absolute Gasteiger partial charge is 0.338 e. The molecule has 1 aromatic rings. The molecule has 4 aliphatic heterocycles. The van der Waals surface area contributed by atoms with Gasteiger partial charge < -0.3 is 32.8 Å². The lowest BCUT2D eigenvalue weighted by molar-refractivity contribution is -0.162. The molecule has 11 unspecified atom stereocenters. The van der Waals surface area contributed by atoms with Gasteiger partial charge in [0.25, 0.3) is 0 Å². The number of oxazole rings is 1. The molecule has 11 atom stereocenters. The van der Waals surface area contributed by atoms with Gasteiger partial charge in [0.15, 0.2) is 12.0 Å². The zero-order chi connectivity index (χ0) is 43.7. The molecule has 2 bridgehead atoms. The Hall–Kier alpha value is -3.28. The molecule has 4 aliphatic rings. The summed E-state index contributed by atoms with van der Waals surface area (Å²) in [7, 11) is 1.66. The van der Waals surface area contributed by atoms with Gasteiger partial charge in [-0.25, -0.2) is 9.78 Å². The predicted molar refractivity (Wildman–Crippen MR) is 235 cm³/mol. The third kappa shape index (κ3) is 16.4. The van der Waals surface area contributed by atoms with E-state index in [2.05, 4.69) is 18.8 Å². The second-order valence-electron chi connectivity index (χ2n) is 18.6. The number of carbonyl (C=O) groups excluding carboxylic acids is 3. The van der Waals surface area contributed by atoms with Crippen molar-refractivity contribution in [3.8, 4) is 0 Å². The summed E-state index contributed by atoms with van der Waals surface area (Å²) in [5.41, 5.74) is 2.71. The number of nitrogens with zero attached hydrogens (tertiary/aromatic N) is 1. The van der Waals surface area contributed by atoms with E-state index in [1.165, 1.54) is 64.2 Å². The van der Waals surface area contributed by atoms with Crippen molar-refractivity contribution in [3.05, 3.63) is 47.2 Å². The molecule has 0 spiro atoms. The molecule has 1 aromatic heterocycles. The van der Waals surface area contributed by atoms with Crippen LogP contribution < -0.4 is 0 Å². The number of cyclic esters (lactones) is 1. The number of hydrogen-bond acceptors (Lipinski definition) is 11. The minimum Gasteiger partial charge on any atom is -0.462 e. The number of aryl methyl sites for hydroxylation is 1. The highest BCUT2D eigenvalue weighted by atomic mass is 16.6. The largest absolute Gasteiger partial charge is 0.462 e. The zero-order valence-corrected chi connectivity index (χ0v) is 38.4. The van der Waals surface area contributed by atoms with Gasteiger partial charge >= 0.3 is 17.9 Å². The minimum absolute atomic E-state index is 0.0833. The van der Waals surface area contributed by atoms with E-state index >= 15 is 0 Å². The van der Waals surface area contributed by atoms with Crippen molar-refractivity contribution in [3.63, 3.8) is 0 Å². The lowest BCUT2D eigenvalue weighted by atomic mass is 9.84. The number of aromatic nitrogens is 1. The van der Waals surface area contributed by atoms with Crippen LogP contribution >= 0.6 is 0 Å². The van der Waals surface area contributed by atoms with Crippen LogP contribution in [0.15, 0.2) is 40.1 Å². The molecule has 61 heavy (non-hydrogen) atoms. The summed E-state index contributed by atoms with van der Waals surface area (Å²) in [6, 6.07) is 0. The van der Waals surface area contributed by atoms with E-state index in [1.807, 2.05) is 52.0 Å². The fraction of sp³-hybridized carbons (Fsp3) is 0.760. The van der Waals surface area contributed by atoms with Gasteiger partial charge in [0.2, 0.25) is 0 Å². The average molecular weight is 852 g/mol. The van der Waals surface area contributed by atoms with Crippen molar-refractivity contribution in [2.24, 2.45) is 17.8 Å². The Labute approximate surface area is 366 Å². The van der Waals surface area contributed by atoms with Crippen LogP contribution in [0.4, 0.5) is 0 Å². The number of methoxy groups -OCH3 is 1. The van der Waals surface area contributed by atoms with Gasteiger partial charge in [-0.1, -0.05) is 116 Å². The van der Waals surface area contributed by atoms with Crippen molar-refractivity contribution in [1.82, 2.24) is 4.98 Å². The molecule has 0 radical (unpaired) electrons. The molecular weight excluding hydrogens is 775 g/mol. The van der Waals surface area contributed by atoms with E-state index in [0.717, 1.165) is 55.4 Å². The first kappa shape index (κ1) is 48.7. The molecule has 342 valence electrons. The lowest BCUT2D eigenvalue weighted by Gasteiger charge is -2.33. The summed E-state index contributed by atoms with van der Waals surface area (Å²) in [4.78, 5) is 44.4. The fourth-order valence-electron chi connectivity index (χ4n) is 9.39. The molecule has 11 heteroatoms. The average Bonchev–Trinajstić information content (AvgIpc) is 4.14.